The van der Waals surface area contributed by atoms with E-state index in [2.05, 4.69) is 10.3 Å². The van der Waals surface area contributed by atoms with Crippen LogP contribution in [0, 0.1) is 0 Å². The number of hydrogen-bond acceptors (Lipinski definition) is 4. The number of amides is 1. The Morgan fingerprint density at radius 1 is 1.42 bits per heavy atom. The van der Waals surface area contributed by atoms with Gasteiger partial charge in [0.15, 0.2) is 0 Å². The van der Waals surface area contributed by atoms with Crippen LogP contribution in [-0.4, -0.2) is 41.6 Å². The Hall–Kier alpha value is -2.11. The van der Waals surface area contributed by atoms with Gasteiger partial charge in [0.25, 0.3) is 5.91 Å². The molecule has 1 aromatic rings. The minimum Gasteiger partial charge on any atom is -0.480 e. The molecule has 0 spiro atoms. The first-order chi connectivity index (χ1) is 8.80. The summed E-state index contributed by atoms with van der Waals surface area (Å²) in [6.45, 7) is 3.19. The Morgan fingerprint density at radius 2 is 2.05 bits per heavy atom. The molecular formula is C13H19N3O3. The fourth-order valence-electron chi connectivity index (χ4n) is 1.40. The molecule has 1 unspecified atom stereocenters. The minimum atomic E-state index is -1.27. The van der Waals surface area contributed by atoms with E-state index in [-0.39, 0.29) is 0 Å². The van der Waals surface area contributed by atoms with Crippen LogP contribution in [0.3, 0.4) is 0 Å². The zero-order chi connectivity index (χ0) is 14.6. The summed E-state index contributed by atoms with van der Waals surface area (Å²) in [5.41, 5.74) is -0.927. The van der Waals surface area contributed by atoms with Crippen LogP contribution in [0.4, 0.5) is 5.82 Å². The van der Waals surface area contributed by atoms with Gasteiger partial charge in [-0.15, -0.1) is 0 Å². The first-order valence-corrected chi connectivity index (χ1v) is 5.99. The van der Waals surface area contributed by atoms with Gasteiger partial charge in [-0.3, -0.25) is 4.79 Å². The quantitative estimate of drug-likeness (QED) is 0.834. The molecule has 1 amide bonds. The van der Waals surface area contributed by atoms with E-state index < -0.39 is 17.4 Å². The molecule has 0 aliphatic carbocycles. The smallest absolute Gasteiger partial charge is 0.329 e. The predicted octanol–water partition coefficient (Wildman–Crippen LogP) is 1.13. The van der Waals surface area contributed by atoms with E-state index in [1.165, 1.54) is 13.1 Å². The topological polar surface area (TPSA) is 82.5 Å². The molecule has 0 aliphatic heterocycles. The molecule has 0 aliphatic rings. The number of pyridine rings is 1. The molecule has 1 rings (SSSR count). The number of nitrogens with zero attached hydrogens (tertiary/aromatic N) is 2. The third kappa shape index (κ3) is 3.43. The highest BCUT2D eigenvalue weighted by molar-refractivity contribution is 5.97. The highest BCUT2D eigenvalue weighted by Crippen LogP contribution is 2.12. The van der Waals surface area contributed by atoms with Gasteiger partial charge in [-0.1, -0.05) is 6.92 Å². The lowest BCUT2D eigenvalue weighted by Gasteiger charge is -2.24. The number of carbonyl (C=O) groups excluding carboxylic acids is 1. The number of nitrogens with one attached hydrogen (secondary N) is 1. The SMILES string of the molecule is CCC(C)(NC(=O)c1ccc(N(C)C)nc1)C(=O)O. The molecule has 2 N–H and O–H groups in total. The van der Waals surface area contributed by atoms with Crippen molar-refractivity contribution in [3.8, 4) is 0 Å². The number of aliphatic carboxylic acids is 1. The molecule has 0 aromatic carbocycles. The van der Waals surface area contributed by atoms with Crippen molar-refractivity contribution in [2.24, 2.45) is 0 Å². The Morgan fingerprint density at radius 3 is 2.42 bits per heavy atom. The predicted molar refractivity (Wildman–Crippen MR) is 72.4 cm³/mol. The average Bonchev–Trinajstić information content (AvgIpc) is 2.38. The van der Waals surface area contributed by atoms with Gasteiger partial charge < -0.3 is 15.3 Å². The zero-order valence-electron chi connectivity index (χ0n) is 11.6. The summed E-state index contributed by atoms with van der Waals surface area (Å²) in [6.07, 6.45) is 1.74. The molecule has 19 heavy (non-hydrogen) atoms. The molecule has 0 saturated carbocycles. The van der Waals surface area contributed by atoms with E-state index in [1.54, 1.807) is 19.1 Å². The number of aromatic nitrogens is 1. The summed E-state index contributed by atoms with van der Waals surface area (Å²) in [7, 11) is 3.70. The summed E-state index contributed by atoms with van der Waals surface area (Å²) in [4.78, 5) is 29.0. The average molecular weight is 265 g/mol. The highest BCUT2D eigenvalue weighted by Gasteiger charge is 2.33. The molecule has 104 valence electrons. The number of hydrogen-bond donors (Lipinski definition) is 2. The van der Waals surface area contributed by atoms with Crippen LogP contribution >= 0.6 is 0 Å². The summed E-state index contributed by atoms with van der Waals surface area (Å²) < 4.78 is 0. The van der Waals surface area contributed by atoms with Crippen molar-refractivity contribution in [3.63, 3.8) is 0 Å². The lowest BCUT2D eigenvalue weighted by atomic mass is 9.99. The summed E-state index contributed by atoms with van der Waals surface area (Å²) in [6, 6.07) is 3.33. The van der Waals surface area contributed by atoms with Crippen molar-refractivity contribution in [2.75, 3.05) is 19.0 Å². The van der Waals surface area contributed by atoms with Gasteiger partial charge in [-0.2, -0.15) is 0 Å². The summed E-state index contributed by atoms with van der Waals surface area (Å²) >= 11 is 0. The van der Waals surface area contributed by atoms with Gasteiger partial charge in [0.1, 0.15) is 11.4 Å². The van der Waals surface area contributed by atoms with E-state index in [1.807, 2.05) is 19.0 Å². The molecule has 1 aromatic heterocycles. The van der Waals surface area contributed by atoms with E-state index in [9.17, 15) is 9.59 Å². The molecule has 6 nitrogen and oxygen atoms in total. The Balaban J connectivity index is 2.86. The van der Waals surface area contributed by atoms with Gasteiger partial charge in [0, 0.05) is 20.3 Å². The van der Waals surface area contributed by atoms with E-state index >= 15 is 0 Å². The Kier molecular flexibility index (Phi) is 4.47. The van der Waals surface area contributed by atoms with E-state index in [4.69, 9.17) is 5.11 Å². The lowest BCUT2D eigenvalue weighted by Crippen LogP contribution is -2.51. The third-order valence-corrected chi connectivity index (χ3v) is 3.04. The third-order valence-electron chi connectivity index (χ3n) is 3.04. The van der Waals surface area contributed by atoms with Gasteiger partial charge in [-0.25, -0.2) is 9.78 Å². The van der Waals surface area contributed by atoms with Crippen molar-refractivity contribution in [3.05, 3.63) is 23.9 Å². The fraction of sp³-hybridized carbons (Fsp3) is 0.462. The second-order valence-corrected chi connectivity index (χ2v) is 4.74. The number of carboxylic acids is 1. The monoisotopic (exact) mass is 265 g/mol. The molecule has 1 heterocycles. The highest BCUT2D eigenvalue weighted by atomic mass is 16.4. The van der Waals surface area contributed by atoms with Crippen molar-refractivity contribution in [1.29, 1.82) is 0 Å². The van der Waals surface area contributed by atoms with Crippen molar-refractivity contribution in [2.45, 2.75) is 25.8 Å². The maximum Gasteiger partial charge on any atom is 0.329 e. The van der Waals surface area contributed by atoms with Crippen LogP contribution in [0.5, 0.6) is 0 Å². The normalized spacial score (nSPS) is 13.5. The van der Waals surface area contributed by atoms with Crippen LogP contribution in [0.2, 0.25) is 0 Å². The van der Waals surface area contributed by atoms with Crippen molar-refractivity contribution < 1.29 is 14.7 Å². The van der Waals surface area contributed by atoms with Crippen molar-refractivity contribution >= 4 is 17.7 Å². The molecular weight excluding hydrogens is 246 g/mol. The number of carboxylic acid groups (broad SMARTS) is 1. The molecule has 0 radical (unpaired) electrons. The van der Waals surface area contributed by atoms with Crippen LogP contribution < -0.4 is 10.2 Å². The zero-order valence-corrected chi connectivity index (χ0v) is 11.6. The molecule has 1 atom stereocenters. The second-order valence-electron chi connectivity index (χ2n) is 4.74. The summed E-state index contributed by atoms with van der Waals surface area (Å²) in [5, 5.41) is 11.6. The minimum absolute atomic E-state index is 0.303. The Bertz CT molecular complexity index is 471. The number of carbonyl (C=O) groups is 2. The van der Waals surface area contributed by atoms with Crippen LogP contribution in [-0.2, 0) is 4.79 Å². The van der Waals surface area contributed by atoms with Crippen LogP contribution in [0.1, 0.15) is 30.6 Å². The lowest BCUT2D eigenvalue weighted by molar-refractivity contribution is -0.143. The largest absolute Gasteiger partial charge is 0.480 e. The molecule has 0 saturated heterocycles. The van der Waals surface area contributed by atoms with Crippen LogP contribution in [0.25, 0.3) is 0 Å². The number of rotatable bonds is 5. The van der Waals surface area contributed by atoms with Crippen molar-refractivity contribution in [1.82, 2.24) is 10.3 Å². The van der Waals surface area contributed by atoms with Gasteiger partial charge >= 0.3 is 5.97 Å². The fourth-order valence-corrected chi connectivity index (χ4v) is 1.40. The Labute approximate surface area is 112 Å². The molecule has 0 bridgehead atoms. The van der Waals surface area contributed by atoms with Gasteiger partial charge in [0.05, 0.1) is 5.56 Å². The maximum absolute atomic E-state index is 12.0. The van der Waals surface area contributed by atoms with E-state index in [0.717, 1.165) is 5.82 Å². The van der Waals surface area contributed by atoms with E-state index in [0.29, 0.717) is 12.0 Å². The first kappa shape index (κ1) is 14.9. The molecule has 0 fully saturated rings. The van der Waals surface area contributed by atoms with Gasteiger partial charge in [0.2, 0.25) is 0 Å². The maximum atomic E-state index is 12.0. The summed E-state index contributed by atoms with van der Waals surface area (Å²) in [5.74, 6) is -0.765. The first-order valence-electron chi connectivity index (χ1n) is 5.99. The van der Waals surface area contributed by atoms with Crippen LogP contribution in [0.15, 0.2) is 18.3 Å². The standard InChI is InChI=1S/C13H19N3O3/c1-5-13(2,12(18)19)15-11(17)9-6-7-10(14-8-9)16(3)4/h6-8H,5H2,1-4H3,(H,15,17)(H,18,19). The molecule has 6 heteroatoms. The van der Waals surface area contributed by atoms with Gasteiger partial charge in [-0.05, 0) is 25.5 Å². The second kappa shape index (κ2) is 5.69. The number of anilines is 1.